The SMILES string of the molecule is COc1ccc([C@@H](C)NC(=O)CN(Cc2ccc(Cl)c(Cl)c2)S(C)(=O)=O)cc1. The van der Waals surface area contributed by atoms with Gasteiger partial charge in [-0.3, -0.25) is 4.79 Å². The number of halogens is 2. The van der Waals surface area contributed by atoms with Gasteiger partial charge in [0, 0.05) is 6.54 Å². The molecule has 0 unspecified atom stereocenters. The first kappa shape index (κ1) is 22.5. The molecular weight excluding hydrogens is 423 g/mol. The Morgan fingerprint density at radius 3 is 2.32 bits per heavy atom. The number of hydrogen-bond donors (Lipinski definition) is 1. The molecule has 6 nitrogen and oxygen atoms in total. The van der Waals surface area contributed by atoms with Gasteiger partial charge in [0.1, 0.15) is 5.75 Å². The molecule has 0 aliphatic heterocycles. The van der Waals surface area contributed by atoms with Gasteiger partial charge in [-0.05, 0) is 42.3 Å². The van der Waals surface area contributed by atoms with Crippen molar-refractivity contribution >= 4 is 39.1 Å². The number of amides is 1. The average Bonchev–Trinajstić information content (AvgIpc) is 2.63. The molecule has 2 aromatic carbocycles. The maximum Gasteiger partial charge on any atom is 0.235 e. The molecule has 0 saturated carbocycles. The number of carbonyl (C=O) groups is 1. The maximum atomic E-state index is 12.4. The second-order valence-corrected chi connectivity index (χ2v) is 9.14. The number of rotatable bonds is 8. The molecule has 1 N–H and O–H groups in total. The molecule has 1 atom stereocenters. The highest BCUT2D eigenvalue weighted by Gasteiger charge is 2.22. The van der Waals surface area contributed by atoms with Crippen LogP contribution in [0.1, 0.15) is 24.1 Å². The van der Waals surface area contributed by atoms with Crippen LogP contribution in [0, 0.1) is 0 Å². The summed E-state index contributed by atoms with van der Waals surface area (Å²) in [6.45, 7) is 1.53. The van der Waals surface area contributed by atoms with Gasteiger partial charge in [-0.2, -0.15) is 4.31 Å². The molecule has 9 heteroatoms. The van der Waals surface area contributed by atoms with E-state index in [2.05, 4.69) is 5.32 Å². The van der Waals surface area contributed by atoms with E-state index in [4.69, 9.17) is 27.9 Å². The van der Waals surface area contributed by atoms with Crippen molar-refractivity contribution in [2.45, 2.75) is 19.5 Å². The Bertz CT molecular complexity index is 933. The summed E-state index contributed by atoms with van der Waals surface area (Å²) >= 11 is 11.9. The molecule has 152 valence electrons. The van der Waals surface area contributed by atoms with E-state index in [1.54, 1.807) is 37.4 Å². The third-order valence-electron chi connectivity index (χ3n) is 4.13. The number of methoxy groups -OCH3 is 1. The predicted octanol–water partition coefficient (Wildman–Crippen LogP) is 3.64. The van der Waals surface area contributed by atoms with Crippen molar-refractivity contribution in [1.29, 1.82) is 0 Å². The van der Waals surface area contributed by atoms with Crippen LogP contribution in [-0.4, -0.2) is 38.5 Å². The zero-order chi connectivity index (χ0) is 20.9. The molecule has 0 radical (unpaired) electrons. The minimum atomic E-state index is -3.61. The second-order valence-electron chi connectivity index (χ2n) is 6.34. The third kappa shape index (κ3) is 6.38. The molecule has 0 saturated heterocycles. The lowest BCUT2D eigenvalue weighted by molar-refractivity contribution is -0.122. The lowest BCUT2D eigenvalue weighted by atomic mass is 10.1. The minimum absolute atomic E-state index is 0.0139. The van der Waals surface area contributed by atoms with Gasteiger partial charge in [-0.1, -0.05) is 41.4 Å². The number of carbonyl (C=O) groups excluding carboxylic acids is 1. The van der Waals surface area contributed by atoms with Gasteiger partial charge >= 0.3 is 0 Å². The fraction of sp³-hybridized carbons (Fsp3) is 0.316. The Morgan fingerprint density at radius 2 is 1.79 bits per heavy atom. The van der Waals surface area contributed by atoms with Crippen LogP contribution >= 0.6 is 23.2 Å². The number of sulfonamides is 1. The Labute approximate surface area is 175 Å². The number of nitrogens with one attached hydrogen (secondary N) is 1. The Kier molecular flexibility index (Phi) is 7.71. The van der Waals surface area contributed by atoms with Crippen LogP contribution in [0.3, 0.4) is 0 Å². The Hall–Kier alpha value is -1.80. The number of benzene rings is 2. The van der Waals surface area contributed by atoms with Crippen LogP contribution in [0.25, 0.3) is 0 Å². The van der Waals surface area contributed by atoms with Crippen LogP contribution in [0.5, 0.6) is 5.75 Å². The summed E-state index contributed by atoms with van der Waals surface area (Å²) in [5, 5.41) is 3.51. The fourth-order valence-electron chi connectivity index (χ4n) is 2.56. The van der Waals surface area contributed by atoms with Crippen molar-refractivity contribution in [3.8, 4) is 5.75 Å². The summed E-state index contributed by atoms with van der Waals surface area (Å²) in [6.07, 6.45) is 1.06. The van der Waals surface area contributed by atoms with Gasteiger partial charge < -0.3 is 10.1 Å². The second kappa shape index (κ2) is 9.60. The molecule has 0 bridgehead atoms. The smallest absolute Gasteiger partial charge is 0.235 e. The van der Waals surface area contributed by atoms with E-state index in [1.165, 1.54) is 0 Å². The first-order valence-electron chi connectivity index (χ1n) is 8.42. The summed E-state index contributed by atoms with van der Waals surface area (Å²) in [7, 11) is -2.03. The van der Waals surface area contributed by atoms with Gasteiger partial charge in [0.2, 0.25) is 15.9 Å². The number of hydrogen-bond acceptors (Lipinski definition) is 4. The average molecular weight is 445 g/mol. The molecule has 0 aliphatic carbocycles. The Balaban J connectivity index is 2.06. The van der Waals surface area contributed by atoms with Gasteiger partial charge in [0.25, 0.3) is 0 Å². The van der Waals surface area contributed by atoms with Crippen LogP contribution in [0.15, 0.2) is 42.5 Å². The van der Waals surface area contributed by atoms with E-state index in [9.17, 15) is 13.2 Å². The molecule has 28 heavy (non-hydrogen) atoms. The summed E-state index contributed by atoms with van der Waals surface area (Å²) in [6, 6.07) is 11.8. The van der Waals surface area contributed by atoms with E-state index < -0.39 is 15.9 Å². The van der Waals surface area contributed by atoms with Crippen LogP contribution in [0.4, 0.5) is 0 Å². The topological polar surface area (TPSA) is 75.7 Å². The number of ether oxygens (including phenoxy) is 1. The molecule has 1 amide bonds. The van der Waals surface area contributed by atoms with Crippen LogP contribution < -0.4 is 10.1 Å². The molecule has 0 aromatic heterocycles. The summed E-state index contributed by atoms with van der Waals surface area (Å²) in [4.78, 5) is 12.4. The molecule has 0 spiro atoms. The monoisotopic (exact) mass is 444 g/mol. The quantitative estimate of drug-likeness (QED) is 0.673. The third-order valence-corrected chi connectivity index (χ3v) is 6.06. The van der Waals surface area contributed by atoms with E-state index in [0.29, 0.717) is 21.4 Å². The zero-order valence-electron chi connectivity index (χ0n) is 15.8. The number of nitrogens with zero attached hydrogens (tertiary/aromatic N) is 1. The standard InChI is InChI=1S/C19H22Cl2N2O4S/c1-13(15-5-7-16(27-2)8-6-15)22-19(24)12-23(28(3,25)26)11-14-4-9-17(20)18(21)10-14/h4-10,13H,11-12H2,1-3H3,(H,22,24)/t13-/m1/s1. The van der Waals surface area contributed by atoms with Crippen molar-refractivity contribution in [2.24, 2.45) is 0 Å². The highest BCUT2D eigenvalue weighted by Crippen LogP contribution is 2.24. The lowest BCUT2D eigenvalue weighted by Gasteiger charge is -2.21. The molecule has 0 fully saturated rings. The summed E-state index contributed by atoms with van der Waals surface area (Å²) in [5.74, 6) is 0.306. The van der Waals surface area contributed by atoms with Crippen molar-refractivity contribution in [3.05, 3.63) is 63.6 Å². The van der Waals surface area contributed by atoms with Gasteiger partial charge in [0.15, 0.2) is 0 Å². The van der Waals surface area contributed by atoms with Crippen LogP contribution in [0.2, 0.25) is 10.0 Å². The lowest BCUT2D eigenvalue weighted by Crippen LogP contribution is -2.40. The van der Waals surface area contributed by atoms with E-state index in [0.717, 1.165) is 16.1 Å². The highest BCUT2D eigenvalue weighted by molar-refractivity contribution is 7.88. The molecule has 2 rings (SSSR count). The zero-order valence-corrected chi connectivity index (χ0v) is 18.1. The molecule has 2 aromatic rings. The summed E-state index contributed by atoms with van der Waals surface area (Å²) < 4.78 is 30.4. The first-order valence-corrected chi connectivity index (χ1v) is 11.0. The fourth-order valence-corrected chi connectivity index (χ4v) is 3.61. The largest absolute Gasteiger partial charge is 0.497 e. The highest BCUT2D eigenvalue weighted by atomic mass is 35.5. The van der Waals surface area contributed by atoms with Gasteiger partial charge in [-0.15, -0.1) is 0 Å². The van der Waals surface area contributed by atoms with Crippen molar-refractivity contribution in [2.75, 3.05) is 19.9 Å². The minimum Gasteiger partial charge on any atom is -0.497 e. The predicted molar refractivity (Wildman–Crippen MR) is 111 cm³/mol. The van der Waals surface area contributed by atoms with Gasteiger partial charge in [-0.25, -0.2) is 8.42 Å². The maximum absolute atomic E-state index is 12.4. The molecular formula is C19H22Cl2N2O4S. The van der Waals surface area contributed by atoms with Crippen molar-refractivity contribution in [1.82, 2.24) is 9.62 Å². The molecule has 0 heterocycles. The van der Waals surface area contributed by atoms with E-state index >= 15 is 0 Å². The van der Waals surface area contributed by atoms with Crippen LogP contribution in [-0.2, 0) is 21.4 Å². The van der Waals surface area contributed by atoms with E-state index in [-0.39, 0.29) is 19.1 Å². The summed E-state index contributed by atoms with van der Waals surface area (Å²) in [5.41, 5.74) is 1.51. The van der Waals surface area contributed by atoms with Crippen molar-refractivity contribution < 1.29 is 17.9 Å². The van der Waals surface area contributed by atoms with Gasteiger partial charge in [0.05, 0.1) is 36.0 Å². The normalized spacial score (nSPS) is 12.6. The van der Waals surface area contributed by atoms with E-state index in [1.807, 2.05) is 19.1 Å². The Morgan fingerprint density at radius 1 is 1.14 bits per heavy atom. The van der Waals surface area contributed by atoms with Crippen molar-refractivity contribution in [3.63, 3.8) is 0 Å². The first-order chi connectivity index (χ1) is 13.1. The molecule has 0 aliphatic rings.